The number of nitrogens with zero attached hydrogens (tertiary/aromatic N) is 2. The van der Waals surface area contributed by atoms with Crippen LogP contribution in [0.1, 0.15) is 37.6 Å². The normalized spacial score (nSPS) is 12.0. The van der Waals surface area contributed by atoms with Crippen LogP contribution < -0.4 is 4.72 Å². The van der Waals surface area contributed by atoms with Gasteiger partial charge >= 0.3 is 0 Å². The minimum Gasteiger partial charge on any atom is -0.396 e. The molecule has 0 bridgehead atoms. The summed E-state index contributed by atoms with van der Waals surface area (Å²) in [6, 6.07) is 0. The van der Waals surface area contributed by atoms with Gasteiger partial charge in [-0.05, 0) is 26.7 Å². The number of hydrogen-bond acceptors (Lipinski definition) is 4. The first kappa shape index (κ1) is 16.1. The molecule has 0 unspecified atom stereocenters. The predicted molar refractivity (Wildman–Crippen MR) is 73.5 cm³/mol. The molecule has 2 N–H and O–H groups in total. The summed E-state index contributed by atoms with van der Waals surface area (Å²) in [5.41, 5.74) is 1.12. The Morgan fingerprint density at radius 3 is 2.58 bits per heavy atom. The lowest BCUT2D eigenvalue weighted by atomic mass is 10.3. The largest absolute Gasteiger partial charge is 0.396 e. The third-order valence-electron chi connectivity index (χ3n) is 2.93. The maximum Gasteiger partial charge on any atom is 0.244 e. The molecular weight excluding hydrogens is 266 g/mol. The van der Waals surface area contributed by atoms with Gasteiger partial charge in [-0.15, -0.1) is 0 Å². The van der Waals surface area contributed by atoms with E-state index in [9.17, 15) is 8.42 Å². The van der Waals surface area contributed by atoms with Crippen LogP contribution in [0.2, 0.25) is 0 Å². The van der Waals surface area contributed by atoms with Crippen LogP contribution in [-0.4, -0.2) is 36.5 Å². The molecule has 1 aromatic heterocycles. The molecule has 1 heterocycles. The summed E-state index contributed by atoms with van der Waals surface area (Å²) >= 11 is 0. The molecular formula is C12H23N3O3S. The third kappa shape index (κ3) is 4.02. The number of aryl methyl sites for hydroxylation is 2. The Bertz CT molecular complexity index is 509. The van der Waals surface area contributed by atoms with Gasteiger partial charge in [0, 0.05) is 19.7 Å². The van der Waals surface area contributed by atoms with Crippen molar-refractivity contribution in [2.45, 2.75) is 51.5 Å². The first-order valence-electron chi connectivity index (χ1n) is 6.58. The minimum atomic E-state index is -3.49. The van der Waals surface area contributed by atoms with Crippen molar-refractivity contribution >= 4 is 10.0 Å². The Morgan fingerprint density at radius 1 is 1.32 bits per heavy atom. The number of aromatic nitrogens is 2. The van der Waals surface area contributed by atoms with Crippen LogP contribution in [0.5, 0.6) is 0 Å². The van der Waals surface area contributed by atoms with E-state index in [1.54, 1.807) is 18.5 Å². The van der Waals surface area contributed by atoms with Gasteiger partial charge in [0.15, 0.2) is 0 Å². The standard InChI is InChI=1S/C12H23N3O3S/c1-4-5-7-13-19(17,18)12-10(2)14-15(11(12)3)8-6-9-16/h13,16H,4-9H2,1-3H3. The molecule has 0 aliphatic carbocycles. The van der Waals surface area contributed by atoms with E-state index in [4.69, 9.17) is 5.11 Å². The first-order chi connectivity index (χ1) is 8.94. The molecule has 0 aromatic carbocycles. The number of hydrogen-bond donors (Lipinski definition) is 2. The molecule has 0 spiro atoms. The molecule has 19 heavy (non-hydrogen) atoms. The van der Waals surface area contributed by atoms with Gasteiger partial charge < -0.3 is 5.11 Å². The fourth-order valence-corrected chi connectivity index (χ4v) is 3.44. The first-order valence-corrected chi connectivity index (χ1v) is 8.07. The SMILES string of the molecule is CCCCNS(=O)(=O)c1c(C)nn(CCCO)c1C. The van der Waals surface area contributed by atoms with Crippen LogP contribution >= 0.6 is 0 Å². The summed E-state index contributed by atoms with van der Waals surface area (Å²) in [4.78, 5) is 0.265. The number of sulfonamides is 1. The summed E-state index contributed by atoms with van der Waals surface area (Å²) in [6.45, 7) is 6.47. The van der Waals surface area contributed by atoms with Gasteiger partial charge in [0.25, 0.3) is 0 Å². The van der Waals surface area contributed by atoms with Crippen LogP contribution in [0.4, 0.5) is 0 Å². The van der Waals surface area contributed by atoms with Crippen LogP contribution in [0.15, 0.2) is 4.90 Å². The Hall–Kier alpha value is -0.920. The van der Waals surface area contributed by atoms with Crippen LogP contribution in [0.3, 0.4) is 0 Å². The number of nitrogens with one attached hydrogen (secondary N) is 1. The summed E-state index contributed by atoms with van der Waals surface area (Å²) in [6.07, 6.45) is 2.32. The van der Waals surface area contributed by atoms with Crippen LogP contribution in [-0.2, 0) is 16.6 Å². The summed E-state index contributed by atoms with van der Waals surface area (Å²) in [5.74, 6) is 0. The zero-order valence-electron chi connectivity index (χ0n) is 11.8. The summed E-state index contributed by atoms with van der Waals surface area (Å²) in [5, 5.41) is 13.1. The highest BCUT2D eigenvalue weighted by atomic mass is 32.2. The third-order valence-corrected chi connectivity index (χ3v) is 4.65. The van der Waals surface area contributed by atoms with Gasteiger partial charge in [0.05, 0.1) is 11.4 Å². The zero-order chi connectivity index (χ0) is 14.5. The molecule has 0 aliphatic heterocycles. The molecule has 0 saturated carbocycles. The van der Waals surface area contributed by atoms with Crippen LogP contribution in [0, 0.1) is 13.8 Å². The van der Waals surface area contributed by atoms with Crippen molar-refractivity contribution in [1.82, 2.24) is 14.5 Å². The maximum atomic E-state index is 12.2. The minimum absolute atomic E-state index is 0.0647. The molecule has 0 fully saturated rings. The smallest absolute Gasteiger partial charge is 0.244 e. The van der Waals surface area contributed by atoms with E-state index in [1.165, 1.54) is 0 Å². The second kappa shape index (κ2) is 7.02. The van der Waals surface area contributed by atoms with Crippen molar-refractivity contribution in [3.05, 3.63) is 11.4 Å². The lowest BCUT2D eigenvalue weighted by Gasteiger charge is -2.07. The highest BCUT2D eigenvalue weighted by Crippen LogP contribution is 2.19. The zero-order valence-corrected chi connectivity index (χ0v) is 12.6. The van der Waals surface area contributed by atoms with Gasteiger partial charge in [0.2, 0.25) is 10.0 Å². The van der Waals surface area contributed by atoms with Gasteiger partial charge in [-0.3, -0.25) is 4.68 Å². The molecule has 1 rings (SSSR count). The van der Waals surface area contributed by atoms with Crippen molar-refractivity contribution in [1.29, 1.82) is 0 Å². The number of aliphatic hydroxyl groups is 1. The lowest BCUT2D eigenvalue weighted by molar-refractivity contribution is 0.276. The number of unbranched alkanes of at least 4 members (excludes halogenated alkanes) is 1. The van der Waals surface area contributed by atoms with E-state index in [0.717, 1.165) is 12.8 Å². The fraction of sp³-hybridized carbons (Fsp3) is 0.750. The van der Waals surface area contributed by atoms with Gasteiger partial charge in [-0.1, -0.05) is 13.3 Å². The quantitative estimate of drug-likeness (QED) is 0.698. The molecule has 1 aromatic rings. The van der Waals surface area contributed by atoms with E-state index in [2.05, 4.69) is 9.82 Å². The van der Waals surface area contributed by atoms with Crippen molar-refractivity contribution < 1.29 is 13.5 Å². The van der Waals surface area contributed by atoms with E-state index >= 15 is 0 Å². The molecule has 0 atom stereocenters. The monoisotopic (exact) mass is 289 g/mol. The number of aliphatic hydroxyl groups excluding tert-OH is 1. The lowest BCUT2D eigenvalue weighted by Crippen LogP contribution is -2.25. The Kier molecular flexibility index (Phi) is 5.96. The highest BCUT2D eigenvalue weighted by molar-refractivity contribution is 7.89. The van der Waals surface area contributed by atoms with Crippen molar-refractivity contribution in [3.8, 4) is 0 Å². The highest BCUT2D eigenvalue weighted by Gasteiger charge is 2.23. The number of rotatable bonds is 8. The van der Waals surface area contributed by atoms with Crippen LogP contribution in [0.25, 0.3) is 0 Å². The van der Waals surface area contributed by atoms with Gasteiger partial charge in [0.1, 0.15) is 4.90 Å². The molecule has 0 saturated heterocycles. The van der Waals surface area contributed by atoms with Crippen molar-refractivity contribution in [2.75, 3.05) is 13.2 Å². The van der Waals surface area contributed by atoms with E-state index in [-0.39, 0.29) is 11.5 Å². The average molecular weight is 289 g/mol. The fourth-order valence-electron chi connectivity index (χ4n) is 1.96. The van der Waals surface area contributed by atoms with E-state index < -0.39 is 10.0 Å². The Labute approximate surface area is 114 Å². The van der Waals surface area contributed by atoms with Crippen molar-refractivity contribution in [3.63, 3.8) is 0 Å². The van der Waals surface area contributed by atoms with Crippen molar-refractivity contribution in [2.24, 2.45) is 0 Å². The summed E-state index contributed by atoms with van der Waals surface area (Å²) < 4.78 is 28.7. The topological polar surface area (TPSA) is 84.2 Å². The Morgan fingerprint density at radius 2 is 2.00 bits per heavy atom. The molecule has 0 amide bonds. The average Bonchev–Trinajstić information content (AvgIpc) is 2.62. The molecule has 6 nitrogen and oxygen atoms in total. The molecule has 0 aliphatic rings. The van der Waals surface area contributed by atoms with Gasteiger partial charge in [-0.25, -0.2) is 13.1 Å². The van der Waals surface area contributed by atoms with E-state index in [0.29, 0.717) is 30.9 Å². The maximum absolute atomic E-state index is 12.2. The van der Waals surface area contributed by atoms with Gasteiger partial charge in [-0.2, -0.15) is 5.10 Å². The molecule has 110 valence electrons. The molecule has 0 radical (unpaired) electrons. The second-order valence-electron chi connectivity index (χ2n) is 4.55. The second-order valence-corrected chi connectivity index (χ2v) is 6.26. The summed E-state index contributed by atoms with van der Waals surface area (Å²) in [7, 11) is -3.49. The molecule has 7 heteroatoms. The predicted octanol–water partition coefficient (Wildman–Crippen LogP) is 0.961. The van der Waals surface area contributed by atoms with E-state index in [1.807, 2.05) is 6.92 Å². The Balaban J connectivity index is 2.96.